The Kier molecular flexibility index (Phi) is 5.84. The number of hydrogen-bond acceptors (Lipinski definition) is 7. The van der Waals surface area contributed by atoms with Crippen LogP contribution in [-0.2, 0) is 13.5 Å². The van der Waals surface area contributed by atoms with Gasteiger partial charge in [0, 0.05) is 62.8 Å². The van der Waals surface area contributed by atoms with Crippen molar-refractivity contribution < 1.29 is 13.5 Å². The second-order valence-corrected chi connectivity index (χ2v) is 10.3. The summed E-state index contributed by atoms with van der Waals surface area (Å²) in [4.78, 5) is 20.3. The number of pyridine rings is 1. The first-order valence-electron chi connectivity index (χ1n) is 13.2. The third kappa shape index (κ3) is 4.34. The van der Waals surface area contributed by atoms with Gasteiger partial charge in [0.2, 0.25) is 0 Å². The van der Waals surface area contributed by atoms with Crippen LogP contribution >= 0.6 is 0 Å². The maximum atomic E-state index is 16.3. The molecule has 0 aliphatic carbocycles. The predicted molar refractivity (Wildman–Crippen MR) is 145 cm³/mol. The van der Waals surface area contributed by atoms with Gasteiger partial charge in [0.25, 0.3) is 0 Å². The van der Waals surface area contributed by atoms with Gasteiger partial charge < -0.3 is 19.5 Å². The number of anilines is 1. The molecule has 8 nitrogen and oxygen atoms in total. The summed E-state index contributed by atoms with van der Waals surface area (Å²) >= 11 is 0. The Balaban J connectivity index is 1.33. The van der Waals surface area contributed by atoms with Crippen LogP contribution in [0.15, 0.2) is 55.0 Å². The van der Waals surface area contributed by atoms with Gasteiger partial charge in [0.05, 0.1) is 12.0 Å². The summed E-state index contributed by atoms with van der Waals surface area (Å²) in [6, 6.07) is 10.7. The molecule has 0 radical (unpaired) electrons. The van der Waals surface area contributed by atoms with Gasteiger partial charge in [-0.25, -0.2) is 13.8 Å². The quantitative estimate of drug-likeness (QED) is 0.350. The molecule has 2 atom stereocenters. The zero-order valence-electron chi connectivity index (χ0n) is 21.4. The number of rotatable bonds is 6. The number of piperazine rings is 1. The number of aromatic nitrogens is 5. The molecule has 1 N–H and O–H groups in total. The molecule has 2 aliphatic rings. The second-order valence-electron chi connectivity index (χ2n) is 10.3. The lowest BCUT2D eigenvalue weighted by molar-refractivity contribution is 0.293. The highest BCUT2D eigenvalue weighted by Gasteiger charge is 2.34. The lowest BCUT2D eigenvalue weighted by Crippen LogP contribution is -2.51. The monoisotopic (exact) mass is 527 g/mol. The van der Waals surface area contributed by atoms with Gasteiger partial charge >= 0.3 is 6.01 Å². The fourth-order valence-corrected chi connectivity index (χ4v) is 5.81. The van der Waals surface area contributed by atoms with Crippen molar-refractivity contribution in [3.05, 3.63) is 72.4 Å². The van der Waals surface area contributed by atoms with E-state index in [-0.39, 0.29) is 17.2 Å². The average Bonchev–Trinajstić information content (AvgIpc) is 3.51. The van der Waals surface area contributed by atoms with Crippen molar-refractivity contribution in [2.45, 2.75) is 31.3 Å². The number of nitrogens with zero attached hydrogens (tertiary/aromatic N) is 6. The summed E-state index contributed by atoms with van der Waals surface area (Å²) in [5.74, 6) is 0.514. The number of benzene rings is 2. The SMILES string of the molecule is Cn1ccnc1CCOc1nc(N2C[C@H]3CC[C@@H](C2)N3)c2cnc(-c3cccc4ccc(F)cc34)c(F)c2n1. The first-order valence-corrected chi connectivity index (χ1v) is 13.2. The molecule has 0 saturated carbocycles. The maximum Gasteiger partial charge on any atom is 0.319 e. The van der Waals surface area contributed by atoms with E-state index < -0.39 is 11.6 Å². The van der Waals surface area contributed by atoms with Crippen LogP contribution in [0.1, 0.15) is 18.7 Å². The fourth-order valence-electron chi connectivity index (χ4n) is 5.81. The molecule has 2 fully saturated rings. The summed E-state index contributed by atoms with van der Waals surface area (Å²) in [5, 5.41) is 5.54. The largest absolute Gasteiger partial charge is 0.463 e. The van der Waals surface area contributed by atoms with E-state index in [0.29, 0.717) is 47.3 Å². The number of fused-ring (bicyclic) bond motifs is 4. The summed E-state index contributed by atoms with van der Waals surface area (Å²) < 4.78 is 38.4. The van der Waals surface area contributed by atoms with Crippen LogP contribution < -0.4 is 15.0 Å². The number of imidazole rings is 1. The zero-order chi connectivity index (χ0) is 26.5. The number of ether oxygens (including phenoxy) is 1. The first kappa shape index (κ1) is 23.9. The lowest BCUT2D eigenvalue weighted by atomic mass is 10.0. The molecular weight excluding hydrogens is 500 g/mol. The van der Waals surface area contributed by atoms with E-state index in [1.165, 1.54) is 12.1 Å². The fraction of sp³-hybridized carbons (Fsp3) is 0.310. The smallest absolute Gasteiger partial charge is 0.319 e. The van der Waals surface area contributed by atoms with Gasteiger partial charge in [0.1, 0.15) is 28.7 Å². The third-order valence-electron chi connectivity index (χ3n) is 7.74. The van der Waals surface area contributed by atoms with Crippen LogP contribution in [0, 0.1) is 11.6 Å². The zero-order valence-corrected chi connectivity index (χ0v) is 21.4. The van der Waals surface area contributed by atoms with E-state index in [4.69, 9.17) is 9.72 Å². The normalized spacial score (nSPS) is 18.8. The lowest BCUT2D eigenvalue weighted by Gasteiger charge is -2.34. The van der Waals surface area contributed by atoms with Crippen molar-refractivity contribution >= 4 is 27.5 Å². The Morgan fingerprint density at radius 2 is 1.87 bits per heavy atom. The van der Waals surface area contributed by atoms with Crippen LogP contribution in [0.3, 0.4) is 0 Å². The van der Waals surface area contributed by atoms with Crippen LogP contribution in [-0.4, -0.2) is 56.3 Å². The van der Waals surface area contributed by atoms with E-state index >= 15 is 4.39 Å². The molecule has 7 rings (SSSR count). The molecule has 0 unspecified atom stereocenters. The minimum absolute atomic E-state index is 0.109. The Labute approximate surface area is 223 Å². The van der Waals surface area contributed by atoms with Crippen molar-refractivity contribution in [2.24, 2.45) is 7.05 Å². The molecule has 2 bridgehead atoms. The van der Waals surface area contributed by atoms with E-state index in [1.807, 2.05) is 29.9 Å². The van der Waals surface area contributed by atoms with Gasteiger partial charge in [-0.05, 0) is 35.7 Å². The summed E-state index contributed by atoms with van der Waals surface area (Å²) in [6.45, 7) is 1.83. The van der Waals surface area contributed by atoms with Gasteiger partial charge in [-0.1, -0.05) is 24.3 Å². The predicted octanol–water partition coefficient (Wildman–Crippen LogP) is 4.42. The average molecular weight is 528 g/mol. The van der Waals surface area contributed by atoms with Gasteiger partial charge in [0.15, 0.2) is 5.82 Å². The summed E-state index contributed by atoms with van der Waals surface area (Å²) in [6.07, 6.45) is 8.01. The summed E-state index contributed by atoms with van der Waals surface area (Å²) in [5.41, 5.74) is 0.753. The Morgan fingerprint density at radius 3 is 2.67 bits per heavy atom. The highest BCUT2D eigenvalue weighted by atomic mass is 19.1. The second kappa shape index (κ2) is 9.53. The van der Waals surface area contributed by atoms with Gasteiger partial charge in [-0.15, -0.1) is 0 Å². The van der Waals surface area contributed by atoms with E-state index in [1.54, 1.807) is 24.5 Å². The van der Waals surface area contributed by atoms with Crippen molar-refractivity contribution in [3.8, 4) is 17.3 Å². The minimum Gasteiger partial charge on any atom is -0.463 e. The van der Waals surface area contributed by atoms with Gasteiger partial charge in [-0.3, -0.25) is 4.98 Å². The minimum atomic E-state index is -0.583. The molecule has 0 amide bonds. The first-order chi connectivity index (χ1) is 19.0. The molecule has 39 heavy (non-hydrogen) atoms. The number of hydrogen-bond donors (Lipinski definition) is 1. The third-order valence-corrected chi connectivity index (χ3v) is 7.74. The van der Waals surface area contributed by atoms with Crippen LogP contribution in [0.4, 0.5) is 14.6 Å². The molecule has 0 spiro atoms. The van der Waals surface area contributed by atoms with E-state index in [0.717, 1.165) is 37.1 Å². The highest BCUT2D eigenvalue weighted by molar-refractivity contribution is 5.99. The number of aryl methyl sites for hydroxylation is 1. The molecule has 198 valence electrons. The Morgan fingerprint density at radius 1 is 1.03 bits per heavy atom. The standard InChI is InChI=1S/C29H27F2N7O/c1-37-11-10-32-24(37)9-12-39-29-35-27-23(28(36-29)38-15-19-7-8-20(16-38)34-19)14-33-26(25(27)31)21-4-2-3-17-5-6-18(30)13-22(17)21/h2-6,10-11,13-14,19-20,34H,7-9,12,15-16H2,1H3/t19-,20+. The Bertz CT molecular complexity index is 1690. The van der Waals surface area contributed by atoms with Crippen LogP contribution in [0.25, 0.3) is 32.9 Å². The van der Waals surface area contributed by atoms with Crippen molar-refractivity contribution in [1.82, 2.24) is 29.8 Å². The molecule has 10 heteroatoms. The molecule has 5 aromatic rings. The van der Waals surface area contributed by atoms with Crippen LogP contribution in [0.5, 0.6) is 6.01 Å². The Hall–Kier alpha value is -4.18. The maximum absolute atomic E-state index is 16.3. The van der Waals surface area contributed by atoms with E-state index in [9.17, 15) is 4.39 Å². The van der Waals surface area contributed by atoms with Gasteiger partial charge in [-0.2, -0.15) is 9.97 Å². The molecule has 3 aromatic heterocycles. The molecule has 5 heterocycles. The van der Waals surface area contributed by atoms with Crippen molar-refractivity contribution in [3.63, 3.8) is 0 Å². The summed E-state index contributed by atoms with van der Waals surface area (Å²) in [7, 11) is 1.93. The molecular formula is C29H27F2N7O. The number of nitrogens with one attached hydrogen (secondary N) is 1. The van der Waals surface area contributed by atoms with Crippen molar-refractivity contribution in [2.75, 3.05) is 24.6 Å². The molecule has 2 aliphatic heterocycles. The van der Waals surface area contributed by atoms with Crippen molar-refractivity contribution in [1.29, 1.82) is 0 Å². The highest BCUT2D eigenvalue weighted by Crippen LogP contribution is 2.36. The van der Waals surface area contributed by atoms with Crippen LogP contribution in [0.2, 0.25) is 0 Å². The number of halogens is 2. The molecule has 2 aromatic carbocycles. The molecule has 2 saturated heterocycles. The van der Waals surface area contributed by atoms with E-state index in [2.05, 4.69) is 25.2 Å². The topological polar surface area (TPSA) is 81.0 Å².